The van der Waals surface area contributed by atoms with Crippen LogP contribution < -0.4 is 4.74 Å². The molecule has 2 heterocycles. The Hall–Kier alpha value is -3.93. The van der Waals surface area contributed by atoms with E-state index in [-0.39, 0.29) is 11.9 Å². The maximum atomic E-state index is 12.6. The van der Waals surface area contributed by atoms with Gasteiger partial charge >= 0.3 is 0 Å². The zero-order chi connectivity index (χ0) is 28.3. The fourth-order valence-electron chi connectivity index (χ4n) is 5.18. The lowest BCUT2D eigenvalue weighted by Crippen LogP contribution is -2.28. The number of carbonyl (C=O) groups is 1. The number of nitriles is 1. The van der Waals surface area contributed by atoms with Crippen LogP contribution in [0.2, 0.25) is 25.7 Å². The second-order valence-electron chi connectivity index (χ2n) is 11.6. The van der Waals surface area contributed by atoms with Crippen LogP contribution in [0, 0.1) is 11.3 Å². The molecule has 8 heteroatoms. The second kappa shape index (κ2) is 11.7. The molecular formula is C32H36N4O3Si. The highest BCUT2D eigenvalue weighted by Gasteiger charge is 2.31. The Labute approximate surface area is 237 Å². The van der Waals surface area contributed by atoms with Crippen molar-refractivity contribution in [3.8, 4) is 29.0 Å². The highest BCUT2D eigenvalue weighted by molar-refractivity contribution is 6.76. The number of rotatable bonds is 9. The number of aromatic nitrogens is 2. The Bertz CT molecular complexity index is 1540. The molecule has 0 aliphatic carbocycles. The highest BCUT2D eigenvalue weighted by atomic mass is 28.3. The van der Waals surface area contributed by atoms with Gasteiger partial charge in [0.1, 0.15) is 24.1 Å². The van der Waals surface area contributed by atoms with Crippen LogP contribution in [0.1, 0.15) is 36.9 Å². The predicted molar refractivity (Wildman–Crippen MR) is 160 cm³/mol. The molecule has 1 atom stereocenters. The molecular weight excluding hydrogens is 516 g/mol. The van der Waals surface area contributed by atoms with E-state index in [4.69, 9.17) is 14.5 Å². The van der Waals surface area contributed by atoms with Crippen LogP contribution in [0.15, 0.2) is 66.7 Å². The van der Waals surface area contributed by atoms with Crippen molar-refractivity contribution >= 4 is 25.0 Å². The maximum Gasteiger partial charge on any atom is 0.219 e. The number of amides is 1. The van der Waals surface area contributed by atoms with Crippen LogP contribution in [-0.4, -0.2) is 41.6 Å². The summed E-state index contributed by atoms with van der Waals surface area (Å²) in [6.07, 6.45) is 1.80. The fraction of sp³-hybridized carbons (Fsp3) is 0.344. The summed E-state index contributed by atoms with van der Waals surface area (Å²) >= 11 is 0. The van der Waals surface area contributed by atoms with Gasteiger partial charge in [-0.25, -0.2) is 4.98 Å². The van der Waals surface area contributed by atoms with Crippen molar-refractivity contribution in [2.45, 2.75) is 58.2 Å². The lowest BCUT2D eigenvalue weighted by atomic mass is 10.0. The van der Waals surface area contributed by atoms with Gasteiger partial charge in [0.05, 0.1) is 28.7 Å². The number of ether oxygens (including phenoxy) is 2. The van der Waals surface area contributed by atoms with Crippen LogP contribution in [0.4, 0.5) is 0 Å². The predicted octanol–water partition coefficient (Wildman–Crippen LogP) is 7.36. The van der Waals surface area contributed by atoms with E-state index >= 15 is 0 Å². The molecule has 1 amide bonds. The van der Waals surface area contributed by atoms with Gasteiger partial charge < -0.3 is 14.4 Å². The number of carbonyl (C=O) groups excluding carboxylic acids is 1. The van der Waals surface area contributed by atoms with E-state index in [0.717, 1.165) is 53.4 Å². The average molecular weight is 553 g/mol. The van der Waals surface area contributed by atoms with Crippen molar-refractivity contribution in [2.24, 2.45) is 0 Å². The summed E-state index contributed by atoms with van der Waals surface area (Å²) in [6.45, 7) is 10.5. The van der Waals surface area contributed by atoms with Gasteiger partial charge in [-0.2, -0.15) is 5.26 Å². The molecule has 0 N–H and O–H groups in total. The molecule has 0 saturated carbocycles. The third-order valence-electron chi connectivity index (χ3n) is 7.36. The first kappa shape index (κ1) is 27.6. The molecule has 40 heavy (non-hydrogen) atoms. The smallest absolute Gasteiger partial charge is 0.219 e. The molecule has 206 valence electrons. The Morgan fingerprint density at radius 1 is 1.10 bits per heavy atom. The van der Waals surface area contributed by atoms with Gasteiger partial charge in [0.25, 0.3) is 0 Å². The van der Waals surface area contributed by atoms with Crippen molar-refractivity contribution in [2.75, 3.05) is 13.2 Å². The Balaban J connectivity index is 1.62. The molecule has 1 unspecified atom stereocenters. The van der Waals surface area contributed by atoms with Gasteiger partial charge in [0.15, 0.2) is 0 Å². The van der Waals surface area contributed by atoms with Crippen molar-refractivity contribution in [3.63, 3.8) is 0 Å². The van der Waals surface area contributed by atoms with E-state index in [1.165, 1.54) is 0 Å². The van der Waals surface area contributed by atoms with Gasteiger partial charge in [-0.15, -0.1) is 0 Å². The average Bonchev–Trinajstić information content (AvgIpc) is 3.56. The molecule has 0 spiro atoms. The van der Waals surface area contributed by atoms with Gasteiger partial charge in [0, 0.05) is 45.3 Å². The van der Waals surface area contributed by atoms with Crippen molar-refractivity contribution < 1.29 is 14.3 Å². The molecule has 5 rings (SSSR count). The Morgan fingerprint density at radius 3 is 2.52 bits per heavy atom. The number of benzene rings is 3. The van der Waals surface area contributed by atoms with E-state index in [9.17, 15) is 10.1 Å². The zero-order valence-corrected chi connectivity index (χ0v) is 24.7. The van der Waals surface area contributed by atoms with Crippen LogP contribution in [0.3, 0.4) is 0 Å². The standard InChI is InChI=1S/C32H36N4O3Si/c1-23(37)35-16-8-11-29(35)27-19-30-28(20-31(27)39-26-14-12-24(21-33)13-15-26)34-32(25-9-6-5-7-10-25)36(30)22-38-17-18-40(2,3)4/h5-7,9-10,12-15,19-20,29H,8,11,16-18,22H2,1-4H3. The largest absolute Gasteiger partial charge is 0.457 e. The van der Waals surface area contributed by atoms with E-state index in [1.54, 1.807) is 31.2 Å². The van der Waals surface area contributed by atoms with Crippen molar-refractivity contribution in [1.29, 1.82) is 5.26 Å². The summed E-state index contributed by atoms with van der Waals surface area (Å²) in [4.78, 5) is 19.5. The molecule has 0 bridgehead atoms. The third-order valence-corrected chi connectivity index (χ3v) is 9.06. The lowest BCUT2D eigenvalue weighted by molar-refractivity contribution is -0.129. The molecule has 7 nitrogen and oxygen atoms in total. The summed E-state index contributed by atoms with van der Waals surface area (Å²) < 4.78 is 14.8. The minimum absolute atomic E-state index is 0.0556. The van der Waals surface area contributed by atoms with Crippen LogP contribution >= 0.6 is 0 Å². The first-order chi connectivity index (χ1) is 19.2. The van der Waals surface area contributed by atoms with Gasteiger partial charge in [-0.05, 0) is 49.2 Å². The van der Waals surface area contributed by atoms with Gasteiger partial charge in [0.2, 0.25) is 5.91 Å². The molecule has 1 fully saturated rings. The fourth-order valence-corrected chi connectivity index (χ4v) is 5.94. The van der Waals surface area contributed by atoms with Crippen LogP contribution in [0.5, 0.6) is 11.5 Å². The highest BCUT2D eigenvalue weighted by Crippen LogP contribution is 2.41. The van der Waals surface area contributed by atoms with Gasteiger partial charge in [-0.1, -0.05) is 50.0 Å². The summed E-state index contributed by atoms with van der Waals surface area (Å²) in [7, 11) is -1.23. The molecule has 1 saturated heterocycles. The van der Waals surface area contributed by atoms with Crippen molar-refractivity contribution in [3.05, 3.63) is 77.9 Å². The van der Waals surface area contributed by atoms with Crippen molar-refractivity contribution in [1.82, 2.24) is 14.5 Å². The monoisotopic (exact) mass is 552 g/mol. The topological polar surface area (TPSA) is 80.4 Å². The molecule has 1 aromatic heterocycles. The van der Waals surface area contributed by atoms with E-state index in [2.05, 4.69) is 48.5 Å². The van der Waals surface area contributed by atoms with Crippen LogP contribution in [0.25, 0.3) is 22.4 Å². The Kier molecular flexibility index (Phi) is 8.06. The van der Waals surface area contributed by atoms with Gasteiger partial charge in [-0.3, -0.25) is 9.36 Å². The SMILES string of the molecule is CC(=O)N1CCCC1c1cc2c(cc1Oc1ccc(C#N)cc1)nc(-c1ccccc1)n2COCC[Si](C)(C)C. The van der Waals surface area contributed by atoms with E-state index in [1.807, 2.05) is 29.2 Å². The number of hydrogen-bond donors (Lipinski definition) is 0. The van der Waals surface area contributed by atoms with E-state index in [0.29, 0.717) is 30.4 Å². The van der Waals surface area contributed by atoms with E-state index < -0.39 is 8.07 Å². The molecule has 1 aliphatic heterocycles. The zero-order valence-electron chi connectivity index (χ0n) is 23.7. The molecule has 1 aliphatic rings. The molecule has 3 aromatic carbocycles. The number of nitrogens with zero attached hydrogens (tertiary/aromatic N) is 4. The number of fused-ring (bicyclic) bond motifs is 1. The molecule has 4 aromatic rings. The minimum Gasteiger partial charge on any atom is -0.457 e. The minimum atomic E-state index is -1.23. The first-order valence-electron chi connectivity index (χ1n) is 13.9. The quantitative estimate of drug-likeness (QED) is 0.160. The summed E-state index contributed by atoms with van der Waals surface area (Å²) in [6, 6.07) is 24.5. The first-order valence-corrected chi connectivity index (χ1v) is 17.6. The summed E-state index contributed by atoms with van der Waals surface area (Å²) in [5.41, 5.74) is 4.28. The number of hydrogen-bond acceptors (Lipinski definition) is 5. The Morgan fingerprint density at radius 2 is 1.85 bits per heavy atom. The number of likely N-dealkylation sites (tertiary alicyclic amines) is 1. The van der Waals surface area contributed by atoms with Crippen LogP contribution in [-0.2, 0) is 16.3 Å². The normalized spacial score (nSPS) is 15.4. The lowest BCUT2D eigenvalue weighted by Gasteiger charge is -2.26. The summed E-state index contributed by atoms with van der Waals surface area (Å²) in [5, 5.41) is 9.20. The second-order valence-corrected chi connectivity index (χ2v) is 17.2. The summed E-state index contributed by atoms with van der Waals surface area (Å²) in [5.74, 6) is 2.18. The number of imidazole rings is 1. The maximum absolute atomic E-state index is 12.6. The molecule has 0 radical (unpaired) electrons. The third kappa shape index (κ3) is 6.11.